The molecular formula is C7H17NO. The third kappa shape index (κ3) is 11.3. The molecule has 0 rings (SSSR count). The lowest BCUT2D eigenvalue weighted by molar-refractivity contribution is 0.266. The minimum atomic E-state index is -0.113. The smallest absolute Gasteiger partial charge is 0.0585 e. The Kier molecular flexibility index (Phi) is 13.5. The van der Waals surface area contributed by atoms with Crippen LogP contribution in [0.4, 0.5) is 0 Å². The van der Waals surface area contributed by atoms with Gasteiger partial charge in [-0.25, -0.2) is 0 Å². The van der Waals surface area contributed by atoms with Crippen LogP contribution in [0, 0.1) is 0 Å². The molecule has 0 amide bonds. The summed E-state index contributed by atoms with van der Waals surface area (Å²) in [5.41, 5.74) is 5.26. The summed E-state index contributed by atoms with van der Waals surface area (Å²) in [5, 5.41) is 8.29. The molecule has 2 heteroatoms. The molecule has 0 aliphatic rings. The second-order valence-corrected chi connectivity index (χ2v) is 1.47. The van der Waals surface area contributed by atoms with Crippen LogP contribution in [-0.4, -0.2) is 17.8 Å². The third-order valence-electron chi connectivity index (χ3n) is 0.704. The lowest BCUT2D eigenvalue weighted by Crippen LogP contribution is -2.22. The molecule has 56 valence electrons. The molecule has 3 N–H and O–H groups in total. The SMILES string of the molecule is C=CCC(N)CO.CC. The van der Waals surface area contributed by atoms with E-state index in [1.165, 1.54) is 0 Å². The Morgan fingerprint density at radius 1 is 1.67 bits per heavy atom. The standard InChI is InChI=1S/C5H11NO.C2H6/c1-2-3-5(6)4-7;1-2/h2,5,7H,1,3-4,6H2;1-2H3. The Hall–Kier alpha value is -0.340. The summed E-state index contributed by atoms with van der Waals surface area (Å²) >= 11 is 0. The van der Waals surface area contributed by atoms with E-state index in [9.17, 15) is 0 Å². The van der Waals surface area contributed by atoms with Crippen molar-refractivity contribution in [1.29, 1.82) is 0 Å². The minimum absolute atomic E-state index is 0.0476. The summed E-state index contributed by atoms with van der Waals surface area (Å²) in [4.78, 5) is 0. The fourth-order valence-electron chi connectivity index (χ4n) is 0.289. The van der Waals surface area contributed by atoms with Crippen LogP contribution in [0.25, 0.3) is 0 Å². The first-order valence-corrected chi connectivity index (χ1v) is 3.28. The van der Waals surface area contributed by atoms with Crippen molar-refractivity contribution >= 4 is 0 Å². The average Bonchev–Trinajstić information content (AvgIpc) is 1.93. The van der Waals surface area contributed by atoms with Crippen LogP contribution in [0.5, 0.6) is 0 Å². The van der Waals surface area contributed by atoms with Crippen LogP contribution in [0.1, 0.15) is 20.3 Å². The zero-order valence-electron chi connectivity index (χ0n) is 6.30. The second-order valence-electron chi connectivity index (χ2n) is 1.47. The Balaban J connectivity index is 0. The van der Waals surface area contributed by atoms with E-state index in [1.54, 1.807) is 6.08 Å². The summed E-state index contributed by atoms with van der Waals surface area (Å²) in [6.07, 6.45) is 2.39. The van der Waals surface area contributed by atoms with Crippen LogP contribution >= 0.6 is 0 Å². The predicted octanol–water partition coefficient (Wildman–Crippen LogP) is 0.908. The highest BCUT2D eigenvalue weighted by molar-refractivity contribution is 4.73. The topological polar surface area (TPSA) is 46.2 Å². The molecule has 0 fully saturated rings. The molecule has 0 aliphatic heterocycles. The van der Waals surface area contributed by atoms with Gasteiger partial charge in [-0.1, -0.05) is 19.9 Å². The molecule has 0 heterocycles. The first-order valence-electron chi connectivity index (χ1n) is 3.28. The Labute approximate surface area is 57.4 Å². The van der Waals surface area contributed by atoms with E-state index in [-0.39, 0.29) is 12.6 Å². The van der Waals surface area contributed by atoms with Gasteiger partial charge in [0.05, 0.1) is 6.61 Å². The van der Waals surface area contributed by atoms with Crippen molar-refractivity contribution in [1.82, 2.24) is 0 Å². The Morgan fingerprint density at radius 3 is 2.22 bits per heavy atom. The lowest BCUT2D eigenvalue weighted by atomic mass is 10.2. The van der Waals surface area contributed by atoms with Crippen molar-refractivity contribution in [2.45, 2.75) is 26.3 Å². The van der Waals surface area contributed by atoms with E-state index < -0.39 is 0 Å². The molecule has 0 aromatic rings. The molecule has 1 unspecified atom stereocenters. The summed E-state index contributed by atoms with van der Waals surface area (Å²) in [6.45, 7) is 7.51. The number of hydrogen-bond acceptors (Lipinski definition) is 2. The van der Waals surface area contributed by atoms with Gasteiger partial charge in [0.15, 0.2) is 0 Å². The molecule has 0 bridgehead atoms. The zero-order chi connectivity index (χ0) is 7.70. The van der Waals surface area contributed by atoms with Gasteiger partial charge in [0, 0.05) is 6.04 Å². The van der Waals surface area contributed by atoms with Gasteiger partial charge in [0.1, 0.15) is 0 Å². The van der Waals surface area contributed by atoms with E-state index in [2.05, 4.69) is 6.58 Å². The maximum atomic E-state index is 8.29. The summed E-state index contributed by atoms with van der Waals surface area (Å²) in [5.74, 6) is 0. The van der Waals surface area contributed by atoms with Gasteiger partial charge < -0.3 is 10.8 Å². The van der Waals surface area contributed by atoms with Crippen molar-refractivity contribution in [3.63, 3.8) is 0 Å². The molecule has 0 aliphatic carbocycles. The number of nitrogens with two attached hydrogens (primary N) is 1. The number of aliphatic hydroxyl groups excluding tert-OH is 1. The van der Waals surface area contributed by atoms with Crippen LogP contribution in [0.3, 0.4) is 0 Å². The van der Waals surface area contributed by atoms with Gasteiger partial charge in [-0.2, -0.15) is 0 Å². The highest BCUT2D eigenvalue weighted by atomic mass is 16.3. The Morgan fingerprint density at radius 2 is 2.11 bits per heavy atom. The van der Waals surface area contributed by atoms with Crippen molar-refractivity contribution in [3.8, 4) is 0 Å². The molecule has 9 heavy (non-hydrogen) atoms. The van der Waals surface area contributed by atoms with Gasteiger partial charge >= 0.3 is 0 Å². The molecule has 2 nitrogen and oxygen atoms in total. The summed E-state index contributed by atoms with van der Waals surface area (Å²) < 4.78 is 0. The fourth-order valence-corrected chi connectivity index (χ4v) is 0.289. The number of aliphatic hydroxyl groups is 1. The van der Waals surface area contributed by atoms with Gasteiger partial charge in [-0.15, -0.1) is 6.58 Å². The van der Waals surface area contributed by atoms with Crippen molar-refractivity contribution in [2.24, 2.45) is 5.73 Å². The quantitative estimate of drug-likeness (QED) is 0.559. The van der Waals surface area contributed by atoms with Gasteiger partial charge in [-0.05, 0) is 6.42 Å². The largest absolute Gasteiger partial charge is 0.395 e. The highest BCUT2D eigenvalue weighted by Gasteiger charge is 1.92. The number of rotatable bonds is 3. The van der Waals surface area contributed by atoms with Crippen LogP contribution < -0.4 is 5.73 Å². The van der Waals surface area contributed by atoms with E-state index in [4.69, 9.17) is 10.8 Å². The fraction of sp³-hybridized carbons (Fsp3) is 0.714. The Bertz CT molecular complexity index is 54.9. The minimum Gasteiger partial charge on any atom is -0.395 e. The number of hydrogen-bond donors (Lipinski definition) is 2. The molecule has 0 saturated heterocycles. The molecule has 0 aromatic carbocycles. The molecule has 0 aromatic heterocycles. The van der Waals surface area contributed by atoms with Crippen molar-refractivity contribution in [3.05, 3.63) is 12.7 Å². The molecule has 0 spiro atoms. The highest BCUT2D eigenvalue weighted by Crippen LogP contribution is 1.83. The zero-order valence-corrected chi connectivity index (χ0v) is 6.30. The molecule has 1 atom stereocenters. The monoisotopic (exact) mass is 131 g/mol. The van der Waals surface area contributed by atoms with Gasteiger partial charge in [0.25, 0.3) is 0 Å². The van der Waals surface area contributed by atoms with Gasteiger partial charge in [0.2, 0.25) is 0 Å². The van der Waals surface area contributed by atoms with E-state index >= 15 is 0 Å². The van der Waals surface area contributed by atoms with E-state index in [0.717, 1.165) is 0 Å². The second kappa shape index (κ2) is 10.6. The molecular weight excluding hydrogens is 114 g/mol. The summed E-state index contributed by atoms with van der Waals surface area (Å²) in [7, 11) is 0. The molecule has 0 radical (unpaired) electrons. The molecule has 0 saturated carbocycles. The van der Waals surface area contributed by atoms with Crippen LogP contribution in [0.2, 0.25) is 0 Å². The lowest BCUT2D eigenvalue weighted by Gasteiger charge is -2.00. The van der Waals surface area contributed by atoms with Gasteiger partial charge in [-0.3, -0.25) is 0 Å². The van der Waals surface area contributed by atoms with E-state index in [0.29, 0.717) is 6.42 Å². The van der Waals surface area contributed by atoms with Crippen LogP contribution in [0.15, 0.2) is 12.7 Å². The normalized spacial score (nSPS) is 11.1. The average molecular weight is 131 g/mol. The predicted molar refractivity (Wildman–Crippen MR) is 41.2 cm³/mol. The van der Waals surface area contributed by atoms with E-state index in [1.807, 2.05) is 13.8 Å². The first-order chi connectivity index (χ1) is 4.31. The maximum absolute atomic E-state index is 8.29. The maximum Gasteiger partial charge on any atom is 0.0585 e. The van der Waals surface area contributed by atoms with Crippen molar-refractivity contribution < 1.29 is 5.11 Å². The van der Waals surface area contributed by atoms with Crippen molar-refractivity contribution in [2.75, 3.05) is 6.61 Å². The third-order valence-corrected chi connectivity index (χ3v) is 0.704. The van der Waals surface area contributed by atoms with Crippen LogP contribution in [-0.2, 0) is 0 Å². The summed E-state index contributed by atoms with van der Waals surface area (Å²) in [6, 6.07) is -0.113. The first kappa shape index (κ1) is 11.5.